The average Bonchev–Trinajstić information content (AvgIpc) is 2.45. The summed E-state index contributed by atoms with van der Waals surface area (Å²) in [5, 5.41) is 28.5. The third kappa shape index (κ3) is 6.22. The molecule has 0 spiro atoms. The Morgan fingerprint density at radius 1 is 1.10 bits per heavy atom. The zero-order chi connectivity index (χ0) is 14.8. The Labute approximate surface area is 121 Å². The van der Waals surface area contributed by atoms with E-state index in [9.17, 15) is 15.3 Å². The van der Waals surface area contributed by atoms with Gasteiger partial charge in [0.15, 0.2) is 0 Å². The van der Waals surface area contributed by atoms with Crippen molar-refractivity contribution in [3.8, 4) is 0 Å². The van der Waals surface area contributed by atoms with Gasteiger partial charge in [-0.15, -0.1) is 0 Å². The fourth-order valence-corrected chi connectivity index (χ4v) is 2.17. The maximum Gasteiger partial charge on any atom is 0.120 e. The molecule has 0 aromatic heterocycles. The number of ether oxygens (including phenoxy) is 2. The minimum atomic E-state index is -1.17. The lowest BCUT2D eigenvalue weighted by Gasteiger charge is -2.34. The summed E-state index contributed by atoms with van der Waals surface area (Å²) in [6, 6.07) is 0. The molecule has 1 saturated heterocycles. The molecule has 1 aliphatic heterocycles. The molecule has 0 radical (unpaired) electrons. The lowest BCUT2D eigenvalue weighted by atomic mass is 10.0. The maximum atomic E-state index is 9.69. The van der Waals surface area contributed by atoms with Gasteiger partial charge in [-0.1, -0.05) is 32.6 Å². The molecule has 5 heteroatoms. The standard InChI is InChI=1S/C15H28O5/c1-2-3-4-5-6-7-8-9-19-11-13-15(18)14(17)12(16)10-20-13/h8-9,12-18H,2-7,10-11H2,1H3/b9-8+/t12-,13+,14+,15+/m0/s1. The number of aliphatic hydroxyl groups is 3. The first-order valence-corrected chi connectivity index (χ1v) is 7.59. The Balaban J connectivity index is 2.05. The minimum Gasteiger partial charge on any atom is -0.499 e. The van der Waals surface area contributed by atoms with Crippen molar-refractivity contribution in [3.05, 3.63) is 12.3 Å². The van der Waals surface area contributed by atoms with E-state index in [0.29, 0.717) is 0 Å². The van der Waals surface area contributed by atoms with Crippen molar-refractivity contribution in [2.75, 3.05) is 13.2 Å². The van der Waals surface area contributed by atoms with Gasteiger partial charge in [0.05, 0.1) is 12.9 Å². The first-order valence-electron chi connectivity index (χ1n) is 7.59. The van der Waals surface area contributed by atoms with Gasteiger partial charge < -0.3 is 24.8 Å². The second-order valence-corrected chi connectivity index (χ2v) is 5.33. The van der Waals surface area contributed by atoms with Crippen LogP contribution in [0.1, 0.15) is 45.4 Å². The Morgan fingerprint density at radius 3 is 2.60 bits per heavy atom. The highest BCUT2D eigenvalue weighted by atomic mass is 16.6. The first-order chi connectivity index (χ1) is 9.66. The van der Waals surface area contributed by atoms with Crippen molar-refractivity contribution in [3.63, 3.8) is 0 Å². The average molecular weight is 288 g/mol. The van der Waals surface area contributed by atoms with E-state index in [2.05, 4.69) is 6.92 Å². The smallest absolute Gasteiger partial charge is 0.120 e. The second-order valence-electron chi connectivity index (χ2n) is 5.33. The predicted octanol–water partition coefficient (Wildman–Crippen LogP) is 1.36. The Hall–Kier alpha value is -0.620. The van der Waals surface area contributed by atoms with Crippen LogP contribution in [-0.4, -0.2) is 52.9 Å². The normalized spacial score (nSPS) is 30.8. The van der Waals surface area contributed by atoms with Gasteiger partial charge in [-0.3, -0.25) is 0 Å². The van der Waals surface area contributed by atoms with Crippen LogP contribution in [0.2, 0.25) is 0 Å². The monoisotopic (exact) mass is 288 g/mol. The first kappa shape index (κ1) is 17.4. The van der Waals surface area contributed by atoms with Crippen LogP contribution in [0.25, 0.3) is 0 Å². The summed E-state index contributed by atoms with van der Waals surface area (Å²) in [7, 11) is 0. The SMILES string of the molecule is CCCCCCC/C=C/OC[C@H]1OC[C@H](O)[C@@H](O)[C@@H]1O. The fraction of sp³-hybridized carbons (Fsp3) is 0.867. The van der Waals surface area contributed by atoms with Gasteiger partial charge in [-0.05, 0) is 18.9 Å². The van der Waals surface area contributed by atoms with Crippen molar-refractivity contribution in [1.29, 1.82) is 0 Å². The van der Waals surface area contributed by atoms with Gasteiger partial charge >= 0.3 is 0 Å². The molecule has 20 heavy (non-hydrogen) atoms. The van der Waals surface area contributed by atoms with Crippen molar-refractivity contribution in [1.82, 2.24) is 0 Å². The number of aliphatic hydroxyl groups excluding tert-OH is 3. The van der Waals surface area contributed by atoms with Crippen molar-refractivity contribution in [2.24, 2.45) is 0 Å². The van der Waals surface area contributed by atoms with E-state index < -0.39 is 24.4 Å². The van der Waals surface area contributed by atoms with Crippen molar-refractivity contribution in [2.45, 2.75) is 69.9 Å². The Bertz CT molecular complexity index is 269. The highest BCUT2D eigenvalue weighted by Crippen LogP contribution is 2.16. The third-order valence-electron chi connectivity index (χ3n) is 3.53. The van der Waals surface area contributed by atoms with E-state index in [1.54, 1.807) is 6.26 Å². The van der Waals surface area contributed by atoms with Crippen LogP contribution in [0.5, 0.6) is 0 Å². The van der Waals surface area contributed by atoms with Crippen LogP contribution in [0, 0.1) is 0 Å². The molecule has 5 nitrogen and oxygen atoms in total. The molecule has 0 aromatic rings. The van der Waals surface area contributed by atoms with E-state index in [1.807, 2.05) is 6.08 Å². The summed E-state index contributed by atoms with van der Waals surface area (Å²) in [6.07, 6.45) is 6.91. The van der Waals surface area contributed by atoms with E-state index in [4.69, 9.17) is 9.47 Å². The van der Waals surface area contributed by atoms with E-state index in [-0.39, 0.29) is 13.2 Å². The van der Waals surface area contributed by atoms with Crippen LogP contribution in [0.4, 0.5) is 0 Å². The number of hydrogen-bond donors (Lipinski definition) is 3. The van der Waals surface area contributed by atoms with Gasteiger partial charge in [0.1, 0.15) is 31.0 Å². The van der Waals surface area contributed by atoms with Gasteiger partial charge in [0.25, 0.3) is 0 Å². The number of unbranched alkanes of at least 4 members (excludes halogenated alkanes) is 5. The summed E-state index contributed by atoms with van der Waals surface area (Å²) in [6.45, 7) is 2.40. The van der Waals surface area contributed by atoms with Crippen molar-refractivity contribution < 1.29 is 24.8 Å². The summed E-state index contributed by atoms with van der Waals surface area (Å²) in [5.74, 6) is 0. The number of hydrogen-bond acceptors (Lipinski definition) is 5. The molecular formula is C15H28O5. The molecule has 0 aliphatic carbocycles. The third-order valence-corrected chi connectivity index (χ3v) is 3.53. The molecule has 1 heterocycles. The fourth-order valence-electron chi connectivity index (χ4n) is 2.17. The van der Waals surface area contributed by atoms with Gasteiger partial charge in [-0.2, -0.15) is 0 Å². The molecule has 1 fully saturated rings. The lowest BCUT2D eigenvalue weighted by Crippen LogP contribution is -2.54. The molecule has 0 amide bonds. The van der Waals surface area contributed by atoms with Gasteiger partial charge in [0, 0.05) is 0 Å². The molecule has 4 atom stereocenters. The molecule has 3 N–H and O–H groups in total. The molecule has 0 bridgehead atoms. The molecular weight excluding hydrogens is 260 g/mol. The summed E-state index contributed by atoms with van der Waals surface area (Å²) >= 11 is 0. The number of rotatable bonds is 9. The van der Waals surface area contributed by atoms with E-state index in [0.717, 1.165) is 12.8 Å². The molecule has 1 aliphatic rings. The summed E-state index contributed by atoms with van der Waals surface area (Å²) in [5.41, 5.74) is 0. The zero-order valence-corrected chi connectivity index (χ0v) is 12.3. The highest BCUT2D eigenvalue weighted by molar-refractivity contribution is 4.87. The Morgan fingerprint density at radius 2 is 1.85 bits per heavy atom. The van der Waals surface area contributed by atoms with Gasteiger partial charge in [0.2, 0.25) is 0 Å². The van der Waals surface area contributed by atoms with Gasteiger partial charge in [-0.25, -0.2) is 0 Å². The van der Waals surface area contributed by atoms with Crippen LogP contribution >= 0.6 is 0 Å². The Kier molecular flexibility index (Phi) is 8.85. The molecule has 0 unspecified atom stereocenters. The quantitative estimate of drug-likeness (QED) is 0.441. The highest BCUT2D eigenvalue weighted by Gasteiger charge is 2.37. The van der Waals surface area contributed by atoms with Crippen molar-refractivity contribution >= 4 is 0 Å². The minimum absolute atomic E-state index is 0.0212. The molecule has 118 valence electrons. The molecule has 1 rings (SSSR count). The number of allylic oxidation sites excluding steroid dienone is 1. The van der Waals surface area contributed by atoms with Crippen LogP contribution in [-0.2, 0) is 9.47 Å². The second kappa shape index (κ2) is 10.2. The topological polar surface area (TPSA) is 79.2 Å². The summed E-state index contributed by atoms with van der Waals surface area (Å²) in [4.78, 5) is 0. The zero-order valence-electron chi connectivity index (χ0n) is 12.3. The lowest BCUT2D eigenvalue weighted by molar-refractivity contribution is -0.195. The maximum absolute atomic E-state index is 9.69. The predicted molar refractivity (Wildman–Crippen MR) is 76.2 cm³/mol. The van der Waals surface area contributed by atoms with E-state index >= 15 is 0 Å². The molecule has 0 saturated carbocycles. The largest absolute Gasteiger partial charge is 0.499 e. The summed E-state index contributed by atoms with van der Waals surface area (Å²) < 4.78 is 10.5. The van der Waals surface area contributed by atoms with Crippen LogP contribution in [0.15, 0.2) is 12.3 Å². The van der Waals surface area contributed by atoms with Crippen LogP contribution < -0.4 is 0 Å². The van der Waals surface area contributed by atoms with E-state index in [1.165, 1.54) is 25.7 Å². The van der Waals surface area contributed by atoms with Crippen LogP contribution in [0.3, 0.4) is 0 Å². The molecule has 0 aromatic carbocycles.